The van der Waals surface area contributed by atoms with E-state index in [1.165, 1.54) is 17.3 Å². The average molecular weight is 312 g/mol. The van der Waals surface area contributed by atoms with Gasteiger partial charge in [-0.1, -0.05) is 47.7 Å². The van der Waals surface area contributed by atoms with E-state index < -0.39 is 0 Å². The third-order valence-electron chi connectivity index (χ3n) is 3.21. The monoisotopic (exact) mass is 312 g/mol. The van der Waals surface area contributed by atoms with Crippen LogP contribution in [0.5, 0.6) is 5.75 Å². The zero-order valence-electron chi connectivity index (χ0n) is 12.4. The molecule has 0 aliphatic carbocycles. The van der Waals surface area contributed by atoms with Gasteiger partial charge in [0.15, 0.2) is 0 Å². The fourth-order valence-corrected chi connectivity index (χ4v) is 2.87. The van der Waals surface area contributed by atoms with Gasteiger partial charge in [0.2, 0.25) is 5.89 Å². The molecular weight excluding hydrogens is 296 g/mol. The number of hydrogen-bond acceptors (Lipinski definition) is 5. The molecule has 0 bridgehead atoms. The van der Waals surface area contributed by atoms with Gasteiger partial charge in [-0.25, -0.2) is 0 Å². The molecule has 0 saturated heterocycles. The van der Waals surface area contributed by atoms with Crippen LogP contribution in [0.1, 0.15) is 11.1 Å². The maximum Gasteiger partial charge on any atom is 0.277 e. The van der Waals surface area contributed by atoms with Gasteiger partial charge in [0, 0.05) is 16.9 Å². The highest BCUT2D eigenvalue weighted by Gasteiger charge is 2.10. The number of aromatic nitrogens is 2. The van der Waals surface area contributed by atoms with Gasteiger partial charge in [-0.15, -0.1) is 10.2 Å². The van der Waals surface area contributed by atoms with Crippen LogP contribution in [0.3, 0.4) is 0 Å². The summed E-state index contributed by atoms with van der Waals surface area (Å²) in [6.07, 6.45) is 0. The molecule has 0 spiro atoms. The summed E-state index contributed by atoms with van der Waals surface area (Å²) in [5, 5.41) is 8.74. The summed E-state index contributed by atoms with van der Waals surface area (Å²) >= 11 is 1.51. The van der Waals surface area contributed by atoms with Gasteiger partial charge in [0.25, 0.3) is 5.22 Å². The van der Waals surface area contributed by atoms with Crippen LogP contribution in [0.25, 0.3) is 11.5 Å². The van der Waals surface area contributed by atoms with E-state index in [0.717, 1.165) is 22.6 Å². The Kier molecular flexibility index (Phi) is 4.44. The van der Waals surface area contributed by atoms with Crippen molar-refractivity contribution >= 4 is 11.8 Å². The van der Waals surface area contributed by atoms with E-state index >= 15 is 0 Å². The largest absolute Gasteiger partial charge is 0.496 e. The van der Waals surface area contributed by atoms with Crippen molar-refractivity contribution < 1.29 is 9.15 Å². The molecule has 1 aromatic heterocycles. The fraction of sp³-hybridized carbons (Fsp3) is 0.176. The predicted molar refractivity (Wildman–Crippen MR) is 87.0 cm³/mol. The third-order valence-corrected chi connectivity index (χ3v) is 4.08. The molecule has 5 heteroatoms. The molecule has 22 heavy (non-hydrogen) atoms. The smallest absolute Gasteiger partial charge is 0.277 e. The van der Waals surface area contributed by atoms with Gasteiger partial charge < -0.3 is 9.15 Å². The van der Waals surface area contributed by atoms with Gasteiger partial charge in [0.1, 0.15) is 5.75 Å². The van der Waals surface area contributed by atoms with Crippen molar-refractivity contribution in [1.29, 1.82) is 0 Å². The van der Waals surface area contributed by atoms with Crippen molar-refractivity contribution in [1.82, 2.24) is 10.2 Å². The molecule has 0 aliphatic rings. The van der Waals surface area contributed by atoms with Crippen molar-refractivity contribution in [3.05, 3.63) is 59.7 Å². The quantitative estimate of drug-likeness (QED) is 0.656. The third kappa shape index (κ3) is 3.31. The molecule has 0 amide bonds. The maximum absolute atomic E-state index is 5.70. The lowest BCUT2D eigenvalue weighted by atomic mass is 10.1. The molecule has 0 atom stereocenters. The zero-order chi connectivity index (χ0) is 15.4. The molecule has 112 valence electrons. The second-order valence-corrected chi connectivity index (χ2v) is 5.77. The van der Waals surface area contributed by atoms with Crippen LogP contribution in [0, 0.1) is 6.92 Å². The number of benzene rings is 2. The molecule has 1 heterocycles. The Morgan fingerprint density at radius 3 is 2.68 bits per heavy atom. The number of methoxy groups -OCH3 is 1. The molecule has 0 N–H and O–H groups in total. The van der Waals surface area contributed by atoms with Gasteiger partial charge >= 0.3 is 0 Å². The van der Waals surface area contributed by atoms with E-state index in [1.807, 2.05) is 42.5 Å². The molecule has 4 nitrogen and oxygen atoms in total. The summed E-state index contributed by atoms with van der Waals surface area (Å²) in [5.41, 5.74) is 3.24. The summed E-state index contributed by atoms with van der Waals surface area (Å²) in [7, 11) is 1.68. The van der Waals surface area contributed by atoms with Gasteiger partial charge in [-0.3, -0.25) is 0 Å². The van der Waals surface area contributed by atoms with E-state index in [9.17, 15) is 0 Å². The Hall–Kier alpha value is -2.27. The van der Waals surface area contributed by atoms with Gasteiger partial charge in [0.05, 0.1) is 7.11 Å². The zero-order valence-corrected chi connectivity index (χ0v) is 13.3. The first-order chi connectivity index (χ1) is 10.8. The molecule has 3 rings (SSSR count). The molecular formula is C17H16N2O2S. The number of rotatable bonds is 5. The lowest BCUT2D eigenvalue weighted by Crippen LogP contribution is -1.91. The minimum Gasteiger partial charge on any atom is -0.496 e. The minimum atomic E-state index is 0.541. The predicted octanol–water partition coefficient (Wildman–Crippen LogP) is 4.35. The molecule has 0 unspecified atom stereocenters. The van der Waals surface area contributed by atoms with E-state index in [2.05, 4.69) is 23.2 Å². The maximum atomic E-state index is 5.70. The highest BCUT2D eigenvalue weighted by Crippen LogP contribution is 2.29. The molecule has 0 saturated carbocycles. The van der Waals surface area contributed by atoms with Crippen molar-refractivity contribution in [2.75, 3.05) is 7.11 Å². The molecule has 0 aliphatic heterocycles. The molecule has 0 radical (unpaired) electrons. The summed E-state index contributed by atoms with van der Waals surface area (Å²) in [5.74, 6) is 2.14. The molecule has 3 aromatic rings. The van der Waals surface area contributed by atoms with Crippen LogP contribution in [0.15, 0.2) is 58.2 Å². The Labute approximate surface area is 133 Å². The second kappa shape index (κ2) is 6.66. The Balaban J connectivity index is 1.73. The SMILES string of the molecule is COc1ccc(C)cc1CSc1nnc(-c2ccccc2)o1. The first-order valence-electron chi connectivity index (χ1n) is 6.91. The lowest BCUT2D eigenvalue weighted by Gasteiger charge is -2.07. The molecule has 2 aromatic carbocycles. The van der Waals surface area contributed by atoms with Crippen LogP contribution in [-0.2, 0) is 5.75 Å². The number of aryl methyl sites for hydroxylation is 1. The molecule has 0 fully saturated rings. The standard InChI is InChI=1S/C17H16N2O2S/c1-12-8-9-15(20-2)14(10-12)11-22-17-19-18-16(21-17)13-6-4-3-5-7-13/h3-10H,11H2,1-2H3. The Morgan fingerprint density at radius 1 is 1.09 bits per heavy atom. The van der Waals surface area contributed by atoms with Crippen LogP contribution in [0.2, 0.25) is 0 Å². The van der Waals surface area contributed by atoms with Crippen molar-refractivity contribution in [2.24, 2.45) is 0 Å². The van der Waals surface area contributed by atoms with Gasteiger partial charge in [-0.2, -0.15) is 0 Å². The lowest BCUT2D eigenvalue weighted by molar-refractivity contribution is 0.411. The Bertz CT molecular complexity index is 756. The second-order valence-electron chi connectivity index (χ2n) is 4.84. The van der Waals surface area contributed by atoms with Crippen LogP contribution in [0.4, 0.5) is 0 Å². The highest BCUT2D eigenvalue weighted by molar-refractivity contribution is 7.98. The van der Waals surface area contributed by atoms with Crippen molar-refractivity contribution in [2.45, 2.75) is 17.9 Å². The first kappa shape index (κ1) is 14.7. The summed E-state index contributed by atoms with van der Waals surface area (Å²) in [4.78, 5) is 0. The van der Waals surface area contributed by atoms with Crippen LogP contribution >= 0.6 is 11.8 Å². The highest BCUT2D eigenvalue weighted by atomic mass is 32.2. The van der Waals surface area contributed by atoms with Crippen molar-refractivity contribution in [3.8, 4) is 17.2 Å². The first-order valence-corrected chi connectivity index (χ1v) is 7.90. The minimum absolute atomic E-state index is 0.541. The van der Waals surface area contributed by atoms with E-state index in [1.54, 1.807) is 7.11 Å². The summed E-state index contributed by atoms with van der Waals surface area (Å²) in [6.45, 7) is 2.06. The Morgan fingerprint density at radius 2 is 1.91 bits per heavy atom. The van der Waals surface area contributed by atoms with E-state index in [0.29, 0.717) is 11.1 Å². The van der Waals surface area contributed by atoms with Crippen molar-refractivity contribution in [3.63, 3.8) is 0 Å². The van der Waals surface area contributed by atoms with E-state index in [-0.39, 0.29) is 0 Å². The average Bonchev–Trinajstić information content (AvgIpc) is 3.03. The summed E-state index contributed by atoms with van der Waals surface area (Å²) < 4.78 is 11.1. The number of nitrogens with zero attached hydrogens (tertiary/aromatic N) is 2. The summed E-state index contributed by atoms with van der Waals surface area (Å²) in [6, 6.07) is 15.9. The number of thioether (sulfide) groups is 1. The topological polar surface area (TPSA) is 48.2 Å². The fourth-order valence-electron chi connectivity index (χ4n) is 2.13. The van der Waals surface area contributed by atoms with Crippen LogP contribution in [-0.4, -0.2) is 17.3 Å². The van der Waals surface area contributed by atoms with Crippen LogP contribution < -0.4 is 4.74 Å². The normalized spacial score (nSPS) is 10.6. The number of hydrogen-bond donors (Lipinski definition) is 0. The van der Waals surface area contributed by atoms with E-state index in [4.69, 9.17) is 9.15 Å². The van der Waals surface area contributed by atoms with Gasteiger partial charge in [-0.05, 0) is 25.1 Å². The number of ether oxygens (including phenoxy) is 1.